The van der Waals surface area contributed by atoms with Crippen LogP contribution in [0.2, 0.25) is 0 Å². The molecule has 0 aliphatic heterocycles. The minimum Gasteiger partial charge on any atom is -0.481 e. The maximum Gasteiger partial charge on any atom is 0.303 e. The van der Waals surface area contributed by atoms with Gasteiger partial charge in [-0.2, -0.15) is 10.2 Å². The fourth-order valence-electron chi connectivity index (χ4n) is 3.30. The molecule has 0 radical (unpaired) electrons. The number of nitrogens with one attached hydrogen (secondary N) is 1. The summed E-state index contributed by atoms with van der Waals surface area (Å²) in [5, 5.41) is 20.5. The Morgan fingerprint density at radius 3 is 2.48 bits per heavy atom. The lowest BCUT2D eigenvalue weighted by Gasteiger charge is -2.08. The van der Waals surface area contributed by atoms with E-state index >= 15 is 0 Å². The lowest BCUT2D eigenvalue weighted by Crippen LogP contribution is -2.25. The van der Waals surface area contributed by atoms with Crippen molar-refractivity contribution in [2.75, 3.05) is 6.54 Å². The standard InChI is InChI=1S/C21H25N5O3/c1-14-19(8-9-20(27)28)15(2)26(24-14)18-6-4-17(5-7-18)21(29)22-11-10-16-12-23-25(3)13-16/h4-7,12-13H,8-11H2,1-3H3,(H,22,29)(H,27,28). The molecular formula is C21H25N5O3. The fraction of sp³-hybridized carbons (Fsp3) is 0.333. The molecule has 0 saturated heterocycles. The van der Waals surface area contributed by atoms with Crippen LogP contribution in [0.5, 0.6) is 0 Å². The summed E-state index contributed by atoms with van der Waals surface area (Å²) < 4.78 is 3.53. The molecular weight excluding hydrogens is 370 g/mol. The molecule has 29 heavy (non-hydrogen) atoms. The summed E-state index contributed by atoms with van der Waals surface area (Å²) in [6, 6.07) is 7.22. The van der Waals surface area contributed by atoms with Gasteiger partial charge in [0, 0.05) is 37.5 Å². The Balaban J connectivity index is 1.64. The molecule has 0 aliphatic rings. The molecule has 3 rings (SSSR count). The Kier molecular flexibility index (Phi) is 6.11. The number of rotatable bonds is 8. The highest BCUT2D eigenvalue weighted by Crippen LogP contribution is 2.20. The maximum atomic E-state index is 12.4. The molecule has 0 unspecified atom stereocenters. The van der Waals surface area contributed by atoms with Crippen LogP contribution in [0.4, 0.5) is 0 Å². The number of aryl methyl sites for hydroxylation is 2. The van der Waals surface area contributed by atoms with Crippen LogP contribution in [-0.4, -0.2) is 43.1 Å². The van der Waals surface area contributed by atoms with Crippen LogP contribution >= 0.6 is 0 Å². The van der Waals surface area contributed by atoms with Gasteiger partial charge in [-0.25, -0.2) is 4.68 Å². The first-order valence-electron chi connectivity index (χ1n) is 9.48. The number of carbonyl (C=O) groups is 2. The Bertz CT molecular complexity index is 1020. The van der Waals surface area contributed by atoms with Gasteiger partial charge in [0.15, 0.2) is 0 Å². The van der Waals surface area contributed by atoms with E-state index in [2.05, 4.69) is 15.5 Å². The van der Waals surface area contributed by atoms with E-state index in [1.54, 1.807) is 27.7 Å². The molecule has 2 aromatic heterocycles. The van der Waals surface area contributed by atoms with Gasteiger partial charge in [0.05, 0.1) is 17.6 Å². The fourth-order valence-corrected chi connectivity index (χ4v) is 3.30. The first-order valence-corrected chi connectivity index (χ1v) is 9.48. The molecule has 0 atom stereocenters. The molecule has 8 heteroatoms. The van der Waals surface area contributed by atoms with Crippen molar-refractivity contribution in [3.8, 4) is 5.69 Å². The molecule has 0 fully saturated rings. The van der Waals surface area contributed by atoms with Gasteiger partial charge < -0.3 is 10.4 Å². The molecule has 0 bridgehead atoms. The van der Waals surface area contributed by atoms with E-state index in [1.165, 1.54) is 0 Å². The zero-order chi connectivity index (χ0) is 21.0. The topological polar surface area (TPSA) is 102 Å². The second kappa shape index (κ2) is 8.72. The minimum atomic E-state index is -0.824. The number of carbonyl (C=O) groups excluding carboxylic acids is 1. The first-order chi connectivity index (χ1) is 13.8. The number of benzene rings is 1. The normalized spacial score (nSPS) is 10.9. The molecule has 3 aromatic rings. The van der Waals surface area contributed by atoms with Crippen molar-refractivity contribution < 1.29 is 14.7 Å². The number of aliphatic carboxylic acids is 1. The van der Waals surface area contributed by atoms with Gasteiger partial charge in [0.25, 0.3) is 5.91 Å². The average Bonchev–Trinajstić information content (AvgIpc) is 3.22. The van der Waals surface area contributed by atoms with Gasteiger partial charge >= 0.3 is 5.97 Å². The van der Waals surface area contributed by atoms with Gasteiger partial charge in [-0.1, -0.05) is 0 Å². The average molecular weight is 395 g/mol. The summed E-state index contributed by atoms with van der Waals surface area (Å²) in [4.78, 5) is 23.2. The van der Waals surface area contributed by atoms with Crippen molar-refractivity contribution in [3.05, 3.63) is 64.7 Å². The van der Waals surface area contributed by atoms with E-state index in [4.69, 9.17) is 5.11 Å². The highest BCUT2D eigenvalue weighted by Gasteiger charge is 2.14. The zero-order valence-electron chi connectivity index (χ0n) is 16.8. The maximum absolute atomic E-state index is 12.4. The summed E-state index contributed by atoms with van der Waals surface area (Å²) in [6.45, 7) is 4.34. The van der Waals surface area contributed by atoms with Crippen LogP contribution in [-0.2, 0) is 24.7 Å². The van der Waals surface area contributed by atoms with E-state index in [-0.39, 0.29) is 12.3 Å². The number of hydrogen-bond acceptors (Lipinski definition) is 4. The third-order valence-electron chi connectivity index (χ3n) is 4.86. The second-order valence-corrected chi connectivity index (χ2v) is 7.03. The lowest BCUT2D eigenvalue weighted by atomic mass is 10.1. The third kappa shape index (κ3) is 4.90. The monoisotopic (exact) mass is 395 g/mol. The van der Waals surface area contributed by atoms with Crippen molar-refractivity contribution in [2.45, 2.75) is 33.1 Å². The smallest absolute Gasteiger partial charge is 0.303 e. The number of aromatic nitrogens is 4. The zero-order valence-corrected chi connectivity index (χ0v) is 16.8. The number of hydrogen-bond donors (Lipinski definition) is 2. The van der Waals surface area contributed by atoms with Crippen LogP contribution in [0.15, 0.2) is 36.7 Å². The number of carboxylic acid groups (broad SMARTS) is 1. The van der Waals surface area contributed by atoms with E-state index in [9.17, 15) is 9.59 Å². The molecule has 1 amide bonds. The molecule has 0 spiro atoms. The predicted octanol–water partition coefficient (Wildman–Crippen LogP) is 2.21. The van der Waals surface area contributed by atoms with Crippen LogP contribution in [0, 0.1) is 13.8 Å². The molecule has 2 N–H and O–H groups in total. The first kappa shape index (κ1) is 20.3. The highest BCUT2D eigenvalue weighted by molar-refractivity contribution is 5.94. The minimum absolute atomic E-state index is 0.0749. The van der Waals surface area contributed by atoms with Gasteiger partial charge in [-0.05, 0) is 62.1 Å². The molecule has 0 aliphatic carbocycles. The Morgan fingerprint density at radius 2 is 1.86 bits per heavy atom. The number of carboxylic acids is 1. The Labute approximate surface area is 169 Å². The van der Waals surface area contributed by atoms with Crippen molar-refractivity contribution in [3.63, 3.8) is 0 Å². The predicted molar refractivity (Wildman–Crippen MR) is 108 cm³/mol. The summed E-state index contributed by atoms with van der Waals surface area (Å²) in [7, 11) is 1.86. The van der Waals surface area contributed by atoms with E-state index in [0.29, 0.717) is 18.5 Å². The van der Waals surface area contributed by atoms with Gasteiger partial charge in [0.2, 0.25) is 0 Å². The third-order valence-corrected chi connectivity index (χ3v) is 4.86. The van der Waals surface area contributed by atoms with Crippen molar-refractivity contribution >= 4 is 11.9 Å². The summed E-state index contributed by atoms with van der Waals surface area (Å²) in [5.74, 6) is -0.952. The van der Waals surface area contributed by atoms with Crippen molar-refractivity contribution in [1.82, 2.24) is 24.9 Å². The van der Waals surface area contributed by atoms with Crippen molar-refractivity contribution in [1.29, 1.82) is 0 Å². The summed E-state index contributed by atoms with van der Waals surface area (Å²) >= 11 is 0. The van der Waals surface area contributed by atoms with E-state index in [1.807, 2.05) is 39.2 Å². The van der Waals surface area contributed by atoms with Gasteiger partial charge in [-0.3, -0.25) is 14.3 Å². The second-order valence-electron chi connectivity index (χ2n) is 7.03. The molecule has 2 heterocycles. The van der Waals surface area contributed by atoms with Gasteiger partial charge in [-0.15, -0.1) is 0 Å². The van der Waals surface area contributed by atoms with Crippen LogP contribution in [0.25, 0.3) is 5.69 Å². The summed E-state index contributed by atoms with van der Waals surface area (Å²) in [5.41, 5.74) is 5.17. The molecule has 1 aromatic carbocycles. The largest absolute Gasteiger partial charge is 0.481 e. The highest BCUT2D eigenvalue weighted by atomic mass is 16.4. The molecule has 0 saturated carbocycles. The van der Waals surface area contributed by atoms with Crippen molar-refractivity contribution in [2.24, 2.45) is 7.05 Å². The van der Waals surface area contributed by atoms with E-state index < -0.39 is 5.97 Å². The quantitative estimate of drug-likeness (QED) is 0.609. The number of nitrogens with zero attached hydrogens (tertiary/aromatic N) is 4. The Hall–Kier alpha value is -3.42. The van der Waals surface area contributed by atoms with Gasteiger partial charge in [0.1, 0.15) is 0 Å². The van der Waals surface area contributed by atoms with Crippen LogP contribution in [0.3, 0.4) is 0 Å². The lowest BCUT2D eigenvalue weighted by molar-refractivity contribution is -0.136. The molecule has 152 valence electrons. The van der Waals surface area contributed by atoms with Crippen LogP contribution in [0.1, 0.15) is 39.3 Å². The number of amides is 1. The van der Waals surface area contributed by atoms with Crippen LogP contribution < -0.4 is 5.32 Å². The van der Waals surface area contributed by atoms with E-state index in [0.717, 1.165) is 34.6 Å². The summed E-state index contributed by atoms with van der Waals surface area (Å²) in [6.07, 6.45) is 4.97. The molecule has 8 nitrogen and oxygen atoms in total. The Morgan fingerprint density at radius 1 is 1.14 bits per heavy atom. The SMILES string of the molecule is Cc1nn(-c2ccc(C(=O)NCCc3cnn(C)c3)cc2)c(C)c1CCC(=O)O.